The summed E-state index contributed by atoms with van der Waals surface area (Å²) in [6.07, 6.45) is 2.82. The third-order valence-electron chi connectivity index (χ3n) is 3.89. The van der Waals surface area contributed by atoms with E-state index in [0.29, 0.717) is 11.3 Å². The van der Waals surface area contributed by atoms with Gasteiger partial charge in [0, 0.05) is 18.3 Å². The Labute approximate surface area is 163 Å². The summed E-state index contributed by atoms with van der Waals surface area (Å²) >= 11 is 0. The Morgan fingerprint density at radius 2 is 1.79 bits per heavy atom. The number of rotatable bonds is 7. The first-order valence-electron chi connectivity index (χ1n) is 8.75. The second kappa shape index (κ2) is 10.0. The minimum absolute atomic E-state index is 0.164. The lowest BCUT2D eigenvalue weighted by Crippen LogP contribution is -2.35. The third kappa shape index (κ3) is 6.36. The molecule has 0 aliphatic heterocycles. The highest BCUT2D eigenvalue weighted by molar-refractivity contribution is 5.96. The molecule has 0 aliphatic rings. The number of anilines is 1. The van der Waals surface area contributed by atoms with Crippen LogP contribution in [0.1, 0.15) is 23.1 Å². The zero-order valence-corrected chi connectivity index (χ0v) is 15.8. The standard InChI is InChI=1S/C22H21FN2O3/c1-16-12-17(2)14-20(13-16)25(11-3-10-24)21(26)15-28-22(27)9-6-18-4-7-19(23)8-5-18/h4-9,12-14H,3,11,15H2,1-2H3/b9-6+. The van der Waals surface area contributed by atoms with Crippen molar-refractivity contribution in [3.8, 4) is 6.07 Å². The van der Waals surface area contributed by atoms with Gasteiger partial charge in [0.2, 0.25) is 0 Å². The first kappa shape index (κ1) is 20.8. The van der Waals surface area contributed by atoms with Gasteiger partial charge in [-0.1, -0.05) is 18.2 Å². The monoisotopic (exact) mass is 380 g/mol. The Hall–Kier alpha value is -3.46. The van der Waals surface area contributed by atoms with Crippen LogP contribution in [0, 0.1) is 31.0 Å². The summed E-state index contributed by atoms with van der Waals surface area (Å²) in [5, 5.41) is 8.86. The lowest BCUT2D eigenvalue weighted by Gasteiger charge is -2.22. The van der Waals surface area contributed by atoms with Crippen molar-refractivity contribution in [2.24, 2.45) is 0 Å². The molecule has 0 atom stereocenters. The molecule has 5 nitrogen and oxygen atoms in total. The molecule has 0 radical (unpaired) electrons. The molecule has 0 heterocycles. The van der Waals surface area contributed by atoms with E-state index in [1.807, 2.05) is 38.1 Å². The molecule has 0 N–H and O–H groups in total. The lowest BCUT2D eigenvalue weighted by atomic mass is 10.1. The molecule has 144 valence electrons. The Morgan fingerprint density at radius 3 is 2.39 bits per heavy atom. The van der Waals surface area contributed by atoms with Crippen molar-refractivity contribution in [1.29, 1.82) is 5.26 Å². The number of ether oxygens (including phenoxy) is 1. The van der Waals surface area contributed by atoms with Crippen LogP contribution in [0.2, 0.25) is 0 Å². The Morgan fingerprint density at radius 1 is 1.14 bits per heavy atom. The second-order valence-electron chi connectivity index (χ2n) is 6.29. The summed E-state index contributed by atoms with van der Waals surface area (Å²) < 4.78 is 17.9. The van der Waals surface area contributed by atoms with Gasteiger partial charge in [0.05, 0.1) is 12.5 Å². The van der Waals surface area contributed by atoms with Crippen LogP contribution in [0.5, 0.6) is 0 Å². The second-order valence-corrected chi connectivity index (χ2v) is 6.29. The molecule has 2 aromatic carbocycles. The van der Waals surface area contributed by atoms with Gasteiger partial charge in [-0.3, -0.25) is 4.79 Å². The summed E-state index contributed by atoms with van der Waals surface area (Å²) in [6.45, 7) is 3.61. The minimum atomic E-state index is -0.682. The predicted octanol–water partition coefficient (Wildman–Crippen LogP) is 3.95. The average molecular weight is 380 g/mol. The van der Waals surface area contributed by atoms with Crippen LogP contribution in [0.25, 0.3) is 6.08 Å². The third-order valence-corrected chi connectivity index (χ3v) is 3.89. The number of halogens is 1. The van der Waals surface area contributed by atoms with Crippen LogP contribution in [-0.2, 0) is 14.3 Å². The number of nitriles is 1. The number of carbonyl (C=O) groups is 2. The molecule has 2 aromatic rings. The molecule has 2 rings (SSSR count). The van der Waals surface area contributed by atoms with Gasteiger partial charge in [0.1, 0.15) is 5.82 Å². The summed E-state index contributed by atoms with van der Waals surface area (Å²) in [5.74, 6) is -1.46. The Balaban J connectivity index is 2.01. The first-order chi connectivity index (χ1) is 13.4. The fraction of sp³-hybridized carbons (Fsp3) is 0.227. The fourth-order valence-corrected chi connectivity index (χ4v) is 2.66. The largest absolute Gasteiger partial charge is 0.452 e. The van der Waals surface area contributed by atoms with Crippen LogP contribution in [-0.4, -0.2) is 25.0 Å². The Kier molecular flexibility index (Phi) is 7.46. The van der Waals surface area contributed by atoms with Gasteiger partial charge >= 0.3 is 5.97 Å². The molecular formula is C22H21FN2O3. The molecule has 28 heavy (non-hydrogen) atoms. The van der Waals surface area contributed by atoms with E-state index >= 15 is 0 Å². The van der Waals surface area contributed by atoms with E-state index in [1.54, 1.807) is 0 Å². The molecule has 0 saturated carbocycles. The van der Waals surface area contributed by atoms with Crippen LogP contribution < -0.4 is 4.90 Å². The summed E-state index contributed by atoms with van der Waals surface area (Å²) in [4.78, 5) is 25.9. The Bertz CT molecular complexity index is 894. The molecule has 0 unspecified atom stereocenters. The molecule has 6 heteroatoms. The number of benzene rings is 2. The summed E-state index contributed by atoms with van der Waals surface area (Å²) in [5.41, 5.74) is 3.28. The van der Waals surface area contributed by atoms with Gasteiger partial charge in [0.15, 0.2) is 6.61 Å². The van der Waals surface area contributed by atoms with Gasteiger partial charge in [-0.25, -0.2) is 9.18 Å². The molecule has 0 spiro atoms. The van der Waals surface area contributed by atoms with Crippen molar-refractivity contribution in [2.45, 2.75) is 20.3 Å². The van der Waals surface area contributed by atoms with E-state index in [2.05, 4.69) is 0 Å². The van der Waals surface area contributed by atoms with Crippen molar-refractivity contribution < 1.29 is 18.7 Å². The number of nitrogens with zero attached hydrogens (tertiary/aromatic N) is 2. The van der Waals surface area contributed by atoms with Crippen molar-refractivity contribution in [1.82, 2.24) is 0 Å². The van der Waals surface area contributed by atoms with Gasteiger partial charge in [0.25, 0.3) is 5.91 Å². The van der Waals surface area contributed by atoms with E-state index in [1.165, 1.54) is 41.3 Å². The molecule has 1 amide bonds. The van der Waals surface area contributed by atoms with E-state index in [-0.39, 0.29) is 18.8 Å². The highest BCUT2D eigenvalue weighted by Gasteiger charge is 2.17. The van der Waals surface area contributed by atoms with Crippen LogP contribution >= 0.6 is 0 Å². The van der Waals surface area contributed by atoms with Crippen LogP contribution in [0.3, 0.4) is 0 Å². The molecule has 0 fully saturated rings. The van der Waals surface area contributed by atoms with Crippen molar-refractivity contribution in [3.05, 3.63) is 71.0 Å². The van der Waals surface area contributed by atoms with E-state index in [9.17, 15) is 14.0 Å². The normalized spacial score (nSPS) is 10.5. The molecule has 0 saturated heterocycles. The summed E-state index contributed by atoms with van der Waals surface area (Å²) in [6, 6.07) is 13.3. The number of aryl methyl sites for hydroxylation is 2. The van der Waals surface area contributed by atoms with Gasteiger partial charge in [-0.2, -0.15) is 5.26 Å². The van der Waals surface area contributed by atoms with Gasteiger partial charge in [-0.05, 0) is 60.9 Å². The number of carbonyl (C=O) groups excluding carboxylic acids is 2. The predicted molar refractivity (Wildman–Crippen MR) is 105 cm³/mol. The first-order valence-corrected chi connectivity index (χ1v) is 8.75. The minimum Gasteiger partial charge on any atom is -0.452 e. The number of hydrogen-bond donors (Lipinski definition) is 0. The van der Waals surface area contributed by atoms with E-state index < -0.39 is 18.5 Å². The number of hydrogen-bond acceptors (Lipinski definition) is 4. The topological polar surface area (TPSA) is 70.4 Å². The number of amides is 1. The SMILES string of the molecule is Cc1cc(C)cc(N(CCC#N)C(=O)COC(=O)/C=C/c2ccc(F)cc2)c1. The van der Waals surface area contributed by atoms with Crippen molar-refractivity contribution in [2.75, 3.05) is 18.1 Å². The van der Waals surface area contributed by atoms with Crippen molar-refractivity contribution >= 4 is 23.6 Å². The van der Waals surface area contributed by atoms with Crippen LogP contribution in [0.15, 0.2) is 48.5 Å². The average Bonchev–Trinajstić information content (AvgIpc) is 2.65. The molecule has 0 bridgehead atoms. The zero-order chi connectivity index (χ0) is 20.5. The van der Waals surface area contributed by atoms with Crippen LogP contribution in [0.4, 0.5) is 10.1 Å². The zero-order valence-electron chi connectivity index (χ0n) is 15.8. The maximum Gasteiger partial charge on any atom is 0.331 e. The fourth-order valence-electron chi connectivity index (χ4n) is 2.66. The van der Waals surface area contributed by atoms with Gasteiger partial charge < -0.3 is 9.64 Å². The smallest absolute Gasteiger partial charge is 0.331 e. The lowest BCUT2D eigenvalue weighted by molar-refractivity contribution is -0.142. The molecule has 0 aromatic heterocycles. The van der Waals surface area contributed by atoms with E-state index in [4.69, 9.17) is 10.00 Å². The highest BCUT2D eigenvalue weighted by Crippen LogP contribution is 2.19. The number of esters is 1. The maximum atomic E-state index is 12.9. The van der Waals surface area contributed by atoms with E-state index in [0.717, 1.165) is 11.1 Å². The highest BCUT2D eigenvalue weighted by atomic mass is 19.1. The molecular weight excluding hydrogens is 359 g/mol. The summed E-state index contributed by atoms with van der Waals surface area (Å²) in [7, 11) is 0. The van der Waals surface area contributed by atoms with Crippen molar-refractivity contribution in [3.63, 3.8) is 0 Å². The maximum absolute atomic E-state index is 12.9. The molecule has 0 aliphatic carbocycles. The quantitative estimate of drug-likeness (QED) is 0.539. The van der Waals surface area contributed by atoms with Gasteiger partial charge in [-0.15, -0.1) is 0 Å².